The minimum atomic E-state index is -0.568. The van der Waals surface area contributed by atoms with Crippen LogP contribution < -0.4 is 16.6 Å². The smallest absolute Gasteiger partial charge is 0.275 e. The summed E-state index contributed by atoms with van der Waals surface area (Å²) in [6, 6.07) is 2.52. The molecular weight excluding hydrogens is 262 g/mol. The van der Waals surface area contributed by atoms with Crippen molar-refractivity contribution < 1.29 is 9.59 Å². The fourth-order valence-corrected chi connectivity index (χ4v) is 2.26. The number of nitrogens with one attached hydrogen (secondary N) is 2. The second-order valence-electron chi connectivity index (χ2n) is 4.69. The lowest BCUT2D eigenvalue weighted by molar-refractivity contribution is -0.119. The number of aromatic amines is 1. The number of primary amides is 1. The first kappa shape index (κ1) is 14.2. The summed E-state index contributed by atoms with van der Waals surface area (Å²) in [5.74, 6) is -0.965. The van der Waals surface area contributed by atoms with Crippen molar-refractivity contribution in [3.63, 3.8) is 0 Å². The van der Waals surface area contributed by atoms with Crippen LogP contribution in [0, 0.1) is 0 Å². The molecule has 8 nitrogen and oxygen atoms in total. The van der Waals surface area contributed by atoms with Crippen molar-refractivity contribution in [2.75, 3.05) is 19.6 Å². The lowest BCUT2D eigenvalue weighted by Gasteiger charge is -2.33. The predicted molar refractivity (Wildman–Crippen MR) is 71.0 cm³/mol. The maximum absolute atomic E-state index is 12.4. The van der Waals surface area contributed by atoms with Gasteiger partial charge in [-0.25, -0.2) is 5.10 Å². The van der Waals surface area contributed by atoms with Gasteiger partial charge in [0.05, 0.1) is 6.54 Å². The van der Waals surface area contributed by atoms with Crippen LogP contribution in [-0.4, -0.2) is 52.6 Å². The number of H-pyrrole nitrogens is 1. The summed E-state index contributed by atoms with van der Waals surface area (Å²) in [5.41, 5.74) is 4.93. The SMILES string of the molecule is NC(=O)CN(C(=O)c1ccc(=O)[nH]n1)C1CCNCC1. The molecule has 1 aromatic heterocycles. The van der Waals surface area contributed by atoms with Crippen LogP contribution in [-0.2, 0) is 4.79 Å². The van der Waals surface area contributed by atoms with Crippen LogP contribution in [0.5, 0.6) is 0 Å². The summed E-state index contributed by atoms with van der Waals surface area (Å²) in [6.07, 6.45) is 1.50. The fraction of sp³-hybridized carbons (Fsp3) is 0.500. The van der Waals surface area contributed by atoms with Crippen LogP contribution in [0.15, 0.2) is 16.9 Å². The normalized spacial score (nSPS) is 15.8. The molecule has 0 bridgehead atoms. The Hall–Kier alpha value is -2.22. The van der Waals surface area contributed by atoms with Gasteiger partial charge >= 0.3 is 0 Å². The number of hydrogen-bond acceptors (Lipinski definition) is 5. The van der Waals surface area contributed by atoms with Gasteiger partial charge in [0, 0.05) is 12.1 Å². The van der Waals surface area contributed by atoms with Gasteiger partial charge in [0.15, 0.2) is 0 Å². The summed E-state index contributed by atoms with van der Waals surface area (Å²) in [5, 5.41) is 9.11. The Balaban J connectivity index is 2.20. The predicted octanol–water partition coefficient (Wildman–Crippen LogP) is -1.55. The minimum Gasteiger partial charge on any atom is -0.368 e. The molecule has 0 aliphatic carbocycles. The van der Waals surface area contributed by atoms with E-state index in [-0.39, 0.29) is 23.8 Å². The summed E-state index contributed by atoms with van der Waals surface area (Å²) >= 11 is 0. The van der Waals surface area contributed by atoms with Crippen LogP contribution in [0.25, 0.3) is 0 Å². The number of hydrogen-bond donors (Lipinski definition) is 3. The molecule has 4 N–H and O–H groups in total. The number of carbonyl (C=O) groups is 2. The van der Waals surface area contributed by atoms with Crippen LogP contribution in [0.3, 0.4) is 0 Å². The fourth-order valence-electron chi connectivity index (χ4n) is 2.26. The largest absolute Gasteiger partial charge is 0.368 e. The maximum atomic E-state index is 12.4. The zero-order valence-corrected chi connectivity index (χ0v) is 11.0. The number of nitrogens with zero attached hydrogens (tertiary/aromatic N) is 2. The highest BCUT2D eigenvalue weighted by molar-refractivity contribution is 5.94. The molecule has 1 aliphatic heterocycles. The highest BCUT2D eigenvalue weighted by Crippen LogP contribution is 2.14. The maximum Gasteiger partial charge on any atom is 0.275 e. The number of amides is 2. The van der Waals surface area contributed by atoms with Crippen molar-refractivity contribution in [3.8, 4) is 0 Å². The van der Waals surface area contributed by atoms with Crippen molar-refractivity contribution in [1.82, 2.24) is 20.4 Å². The molecule has 20 heavy (non-hydrogen) atoms. The van der Waals surface area contributed by atoms with E-state index in [9.17, 15) is 14.4 Å². The van der Waals surface area contributed by atoms with E-state index in [4.69, 9.17) is 5.73 Å². The molecule has 0 aromatic carbocycles. The number of carbonyl (C=O) groups excluding carboxylic acids is 2. The molecule has 1 aromatic rings. The highest BCUT2D eigenvalue weighted by atomic mass is 16.2. The molecular formula is C12H17N5O3. The Morgan fingerprint density at radius 2 is 2.05 bits per heavy atom. The van der Waals surface area contributed by atoms with E-state index >= 15 is 0 Å². The van der Waals surface area contributed by atoms with Crippen LogP contribution in [0.4, 0.5) is 0 Å². The Labute approximate surface area is 115 Å². The number of rotatable bonds is 4. The highest BCUT2D eigenvalue weighted by Gasteiger charge is 2.28. The molecule has 108 valence electrons. The van der Waals surface area contributed by atoms with E-state index in [1.807, 2.05) is 0 Å². The second kappa shape index (κ2) is 6.29. The number of nitrogens with two attached hydrogens (primary N) is 1. The molecule has 0 saturated carbocycles. The molecule has 2 amide bonds. The number of aromatic nitrogens is 2. The molecule has 2 rings (SSSR count). The average molecular weight is 279 g/mol. The summed E-state index contributed by atoms with van der Waals surface area (Å²) in [6.45, 7) is 1.42. The zero-order chi connectivity index (χ0) is 14.5. The van der Waals surface area contributed by atoms with Crippen molar-refractivity contribution in [2.45, 2.75) is 18.9 Å². The quantitative estimate of drug-likeness (QED) is 0.616. The summed E-state index contributed by atoms with van der Waals surface area (Å²) < 4.78 is 0. The number of piperidine rings is 1. The van der Waals surface area contributed by atoms with Gasteiger partial charge in [0.2, 0.25) is 5.91 Å². The lowest BCUT2D eigenvalue weighted by Crippen LogP contribution is -2.49. The first-order valence-electron chi connectivity index (χ1n) is 6.43. The summed E-state index contributed by atoms with van der Waals surface area (Å²) in [4.78, 5) is 36.0. The van der Waals surface area contributed by atoms with Gasteiger partial charge in [-0.3, -0.25) is 14.4 Å². The standard InChI is InChI=1S/C12H17N5O3/c13-10(18)7-17(8-3-5-14-6-4-8)12(20)9-1-2-11(19)16-15-9/h1-2,8,14H,3-7H2,(H2,13,18)(H,16,19). The average Bonchev–Trinajstić information content (AvgIpc) is 2.45. The van der Waals surface area contributed by atoms with Gasteiger partial charge in [-0.15, -0.1) is 0 Å². The first-order valence-corrected chi connectivity index (χ1v) is 6.43. The molecule has 0 spiro atoms. The monoisotopic (exact) mass is 279 g/mol. The Morgan fingerprint density at radius 1 is 1.35 bits per heavy atom. The Bertz CT molecular complexity index is 530. The van der Waals surface area contributed by atoms with Crippen molar-refractivity contribution >= 4 is 11.8 Å². The lowest BCUT2D eigenvalue weighted by atomic mass is 10.0. The molecule has 0 atom stereocenters. The third kappa shape index (κ3) is 3.41. The molecule has 8 heteroatoms. The Kier molecular flexibility index (Phi) is 4.46. The third-order valence-corrected chi connectivity index (χ3v) is 3.23. The van der Waals surface area contributed by atoms with E-state index < -0.39 is 11.8 Å². The molecule has 1 saturated heterocycles. The van der Waals surface area contributed by atoms with E-state index in [0.717, 1.165) is 25.9 Å². The van der Waals surface area contributed by atoms with Crippen LogP contribution in [0.2, 0.25) is 0 Å². The van der Waals surface area contributed by atoms with E-state index in [2.05, 4.69) is 15.5 Å². The molecule has 0 unspecified atom stereocenters. The van der Waals surface area contributed by atoms with Crippen molar-refractivity contribution in [3.05, 3.63) is 28.2 Å². The van der Waals surface area contributed by atoms with Gasteiger partial charge in [0.25, 0.3) is 11.5 Å². The molecule has 1 aliphatic rings. The topological polar surface area (TPSA) is 121 Å². The van der Waals surface area contributed by atoms with Crippen LogP contribution in [0.1, 0.15) is 23.3 Å². The van der Waals surface area contributed by atoms with Gasteiger partial charge in [-0.1, -0.05) is 0 Å². The molecule has 1 fully saturated rings. The Morgan fingerprint density at radius 3 is 2.60 bits per heavy atom. The van der Waals surface area contributed by atoms with Crippen LogP contribution >= 0.6 is 0 Å². The third-order valence-electron chi connectivity index (χ3n) is 3.23. The van der Waals surface area contributed by atoms with E-state index in [1.54, 1.807) is 0 Å². The summed E-state index contributed by atoms with van der Waals surface area (Å²) in [7, 11) is 0. The molecule has 0 radical (unpaired) electrons. The minimum absolute atomic E-state index is 0.0509. The second-order valence-corrected chi connectivity index (χ2v) is 4.69. The van der Waals surface area contributed by atoms with Gasteiger partial charge in [-0.05, 0) is 32.0 Å². The zero-order valence-electron chi connectivity index (χ0n) is 11.0. The van der Waals surface area contributed by atoms with Gasteiger partial charge in [-0.2, -0.15) is 5.10 Å². The van der Waals surface area contributed by atoms with Gasteiger partial charge < -0.3 is 16.0 Å². The molecule has 2 heterocycles. The van der Waals surface area contributed by atoms with Crippen molar-refractivity contribution in [2.24, 2.45) is 5.73 Å². The first-order chi connectivity index (χ1) is 9.58. The van der Waals surface area contributed by atoms with Crippen molar-refractivity contribution in [1.29, 1.82) is 0 Å². The van der Waals surface area contributed by atoms with Gasteiger partial charge in [0.1, 0.15) is 5.69 Å². The van der Waals surface area contributed by atoms with E-state index in [1.165, 1.54) is 17.0 Å². The van der Waals surface area contributed by atoms with E-state index in [0.29, 0.717) is 0 Å².